The average molecular weight is 364 g/mol. The summed E-state index contributed by atoms with van der Waals surface area (Å²) >= 11 is 0. The molecule has 0 spiro atoms. The molecule has 1 heterocycles. The van der Waals surface area contributed by atoms with E-state index in [0.29, 0.717) is 31.9 Å². The molecule has 0 aromatic heterocycles. The largest absolute Gasteiger partial charge is 0.497 e. The van der Waals surface area contributed by atoms with Crippen LogP contribution in [0.5, 0.6) is 11.5 Å². The maximum atomic E-state index is 12.2. The molecular weight excluding hydrogens is 340 g/mol. The smallest absolute Gasteiger partial charge is 0.243 e. The minimum absolute atomic E-state index is 0.0229. The zero-order chi connectivity index (χ0) is 18.9. The van der Waals surface area contributed by atoms with Gasteiger partial charge >= 0.3 is 0 Å². The summed E-state index contributed by atoms with van der Waals surface area (Å²) in [5.41, 5.74) is 1.93. The Kier molecular flexibility index (Phi) is 7.22. The SMILES string of the molecule is COc1ccc(OCCC(=O)N2CCN(C(=O)CC(=O)NN)CC2)cc1. The molecule has 0 radical (unpaired) electrons. The highest BCUT2D eigenvalue weighted by atomic mass is 16.5. The van der Waals surface area contributed by atoms with Gasteiger partial charge in [0.2, 0.25) is 17.7 Å². The maximum absolute atomic E-state index is 12.2. The Bertz CT molecular complexity index is 627. The van der Waals surface area contributed by atoms with Gasteiger partial charge in [-0.05, 0) is 24.3 Å². The summed E-state index contributed by atoms with van der Waals surface area (Å²) in [5.74, 6) is 5.55. The molecule has 0 aliphatic carbocycles. The van der Waals surface area contributed by atoms with E-state index in [-0.39, 0.29) is 31.3 Å². The van der Waals surface area contributed by atoms with Crippen molar-refractivity contribution < 1.29 is 23.9 Å². The van der Waals surface area contributed by atoms with Gasteiger partial charge < -0.3 is 19.3 Å². The minimum atomic E-state index is -0.524. The van der Waals surface area contributed by atoms with Crippen LogP contribution < -0.4 is 20.7 Å². The second-order valence-electron chi connectivity index (χ2n) is 5.78. The normalized spacial score (nSPS) is 13.9. The first-order valence-corrected chi connectivity index (χ1v) is 8.35. The molecule has 1 aromatic carbocycles. The van der Waals surface area contributed by atoms with Crippen molar-refractivity contribution in [2.75, 3.05) is 39.9 Å². The standard InChI is InChI=1S/C17H24N4O5/c1-25-13-2-4-14(5-3-13)26-11-6-16(23)20-7-9-21(10-8-20)17(24)12-15(22)19-18/h2-5H,6-12,18H2,1H3,(H,19,22). The Morgan fingerprint density at radius 1 is 1.00 bits per heavy atom. The highest BCUT2D eigenvalue weighted by Crippen LogP contribution is 2.17. The number of piperazine rings is 1. The van der Waals surface area contributed by atoms with Gasteiger partial charge in [0.15, 0.2) is 0 Å². The van der Waals surface area contributed by atoms with E-state index in [2.05, 4.69) is 0 Å². The Morgan fingerprint density at radius 2 is 1.54 bits per heavy atom. The molecule has 9 nitrogen and oxygen atoms in total. The zero-order valence-electron chi connectivity index (χ0n) is 14.8. The van der Waals surface area contributed by atoms with Crippen molar-refractivity contribution in [3.63, 3.8) is 0 Å². The quantitative estimate of drug-likeness (QED) is 0.292. The number of hydrazine groups is 1. The number of carbonyl (C=O) groups is 3. The lowest BCUT2D eigenvalue weighted by molar-refractivity contribution is -0.142. The third-order valence-electron chi connectivity index (χ3n) is 4.10. The predicted octanol–water partition coefficient (Wildman–Crippen LogP) is -0.485. The lowest BCUT2D eigenvalue weighted by atomic mass is 10.2. The van der Waals surface area contributed by atoms with Gasteiger partial charge in [-0.15, -0.1) is 0 Å². The molecule has 3 amide bonds. The molecule has 9 heteroatoms. The molecule has 1 aliphatic rings. The summed E-state index contributed by atoms with van der Waals surface area (Å²) < 4.78 is 10.6. The van der Waals surface area contributed by atoms with Crippen molar-refractivity contribution in [3.8, 4) is 11.5 Å². The Labute approximate surface area is 152 Å². The van der Waals surface area contributed by atoms with Crippen molar-refractivity contribution in [1.29, 1.82) is 0 Å². The summed E-state index contributed by atoms with van der Waals surface area (Å²) in [7, 11) is 1.59. The van der Waals surface area contributed by atoms with E-state index in [1.807, 2.05) is 5.43 Å². The molecule has 0 unspecified atom stereocenters. The van der Waals surface area contributed by atoms with Gasteiger partial charge in [0.1, 0.15) is 17.9 Å². The molecule has 3 N–H and O–H groups in total. The Hall–Kier alpha value is -2.81. The van der Waals surface area contributed by atoms with Crippen LogP contribution in [-0.4, -0.2) is 67.4 Å². The molecule has 2 rings (SSSR count). The van der Waals surface area contributed by atoms with E-state index in [4.69, 9.17) is 15.3 Å². The first-order chi connectivity index (χ1) is 12.5. The lowest BCUT2D eigenvalue weighted by Gasteiger charge is -2.34. The number of rotatable bonds is 7. The van der Waals surface area contributed by atoms with Crippen molar-refractivity contribution in [2.24, 2.45) is 5.84 Å². The number of benzene rings is 1. The van der Waals surface area contributed by atoms with E-state index >= 15 is 0 Å². The third kappa shape index (κ3) is 5.62. The molecule has 0 atom stereocenters. The number of nitrogens with two attached hydrogens (primary N) is 1. The molecule has 0 bridgehead atoms. The van der Waals surface area contributed by atoms with Gasteiger partial charge in [-0.2, -0.15) is 0 Å². The molecular formula is C17H24N4O5. The Balaban J connectivity index is 1.69. The van der Waals surface area contributed by atoms with Crippen LogP contribution >= 0.6 is 0 Å². The van der Waals surface area contributed by atoms with Crippen LogP contribution in [0.2, 0.25) is 0 Å². The van der Waals surface area contributed by atoms with Crippen molar-refractivity contribution >= 4 is 17.7 Å². The first-order valence-electron chi connectivity index (χ1n) is 8.35. The molecule has 142 valence electrons. The number of hydrogen-bond donors (Lipinski definition) is 2. The van der Waals surface area contributed by atoms with Gasteiger partial charge in [-0.1, -0.05) is 0 Å². The van der Waals surface area contributed by atoms with Gasteiger partial charge in [0.05, 0.1) is 20.1 Å². The molecule has 1 fully saturated rings. The number of carbonyl (C=O) groups excluding carboxylic acids is 3. The fraction of sp³-hybridized carbons (Fsp3) is 0.471. The van der Waals surface area contributed by atoms with Crippen molar-refractivity contribution in [2.45, 2.75) is 12.8 Å². The third-order valence-corrected chi connectivity index (χ3v) is 4.10. The van der Waals surface area contributed by atoms with Gasteiger partial charge in [-0.3, -0.25) is 19.8 Å². The number of ether oxygens (including phenoxy) is 2. The first kappa shape index (κ1) is 19.5. The predicted molar refractivity (Wildman–Crippen MR) is 93.2 cm³/mol. The van der Waals surface area contributed by atoms with E-state index in [0.717, 1.165) is 5.75 Å². The Morgan fingerprint density at radius 3 is 2.08 bits per heavy atom. The number of hydrogen-bond acceptors (Lipinski definition) is 6. The second kappa shape index (κ2) is 9.62. The number of methoxy groups -OCH3 is 1. The van der Waals surface area contributed by atoms with E-state index < -0.39 is 5.91 Å². The summed E-state index contributed by atoms with van der Waals surface area (Å²) in [4.78, 5) is 38.5. The maximum Gasteiger partial charge on any atom is 0.243 e. The molecule has 1 aromatic rings. The monoisotopic (exact) mass is 364 g/mol. The van der Waals surface area contributed by atoms with Crippen LogP contribution in [0.15, 0.2) is 24.3 Å². The fourth-order valence-electron chi connectivity index (χ4n) is 2.59. The summed E-state index contributed by atoms with van der Waals surface area (Å²) in [6.07, 6.45) is -0.0182. The van der Waals surface area contributed by atoms with Crippen LogP contribution in [0.4, 0.5) is 0 Å². The number of nitrogens with one attached hydrogen (secondary N) is 1. The fourth-order valence-corrected chi connectivity index (χ4v) is 2.59. The van der Waals surface area contributed by atoms with Crippen LogP contribution in [0.25, 0.3) is 0 Å². The van der Waals surface area contributed by atoms with Crippen molar-refractivity contribution in [3.05, 3.63) is 24.3 Å². The lowest BCUT2D eigenvalue weighted by Crippen LogP contribution is -2.51. The molecule has 26 heavy (non-hydrogen) atoms. The highest BCUT2D eigenvalue weighted by Gasteiger charge is 2.24. The van der Waals surface area contributed by atoms with Crippen LogP contribution in [0, 0.1) is 0 Å². The topological polar surface area (TPSA) is 114 Å². The number of nitrogens with zero attached hydrogens (tertiary/aromatic N) is 2. The van der Waals surface area contributed by atoms with Crippen molar-refractivity contribution in [1.82, 2.24) is 15.2 Å². The second-order valence-corrected chi connectivity index (χ2v) is 5.78. The van der Waals surface area contributed by atoms with Gasteiger partial charge in [0.25, 0.3) is 0 Å². The minimum Gasteiger partial charge on any atom is -0.497 e. The van der Waals surface area contributed by atoms with E-state index in [1.54, 1.807) is 41.2 Å². The molecule has 0 saturated carbocycles. The average Bonchev–Trinajstić information content (AvgIpc) is 2.68. The van der Waals surface area contributed by atoms with Gasteiger partial charge in [-0.25, -0.2) is 5.84 Å². The van der Waals surface area contributed by atoms with Crippen LogP contribution in [0.3, 0.4) is 0 Å². The summed E-state index contributed by atoms with van der Waals surface area (Å²) in [6, 6.07) is 7.15. The highest BCUT2D eigenvalue weighted by molar-refractivity contribution is 5.96. The van der Waals surface area contributed by atoms with Crippen LogP contribution in [-0.2, 0) is 14.4 Å². The van der Waals surface area contributed by atoms with E-state index in [1.165, 1.54) is 0 Å². The summed E-state index contributed by atoms with van der Waals surface area (Å²) in [5, 5.41) is 0. The molecule has 1 aliphatic heterocycles. The van der Waals surface area contributed by atoms with E-state index in [9.17, 15) is 14.4 Å². The molecule has 1 saturated heterocycles. The van der Waals surface area contributed by atoms with Gasteiger partial charge in [0, 0.05) is 26.2 Å². The van der Waals surface area contributed by atoms with Crippen LogP contribution in [0.1, 0.15) is 12.8 Å². The zero-order valence-corrected chi connectivity index (χ0v) is 14.8. The summed E-state index contributed by atoms with van der Waals surface area (Å²) in [6.45, 7) is 1.97. The number of amides is 3.